The predicted octanol–water partition coefficient (Wildman–Crippen LogP) is 5.66. The molecule has 1 aliphatic rings. The first-order valence-corrected chi connectivity index (χ1v) is 12.4. The minimum atomic E-state index is -0.0924. The van der Waals surface area contributed by atoms with Crippen LogP contribution in [0.1, 0.15) is 21.8 Å². The molecule has 0 atom stereocenters. The average molecular weight is 481 g/mol. The number of nitrogens with one attached hydrogen (secondary N) is 1. The number of anilines is 1. The van der Waals surface area contributed by atoms with Gasteiger partial charge in [-0.3, -0.25) is 9.69 Å². The SMILES string of the molecule is O=C(Cc1csc(-c2ccc(Cl)cc2)n1)Nc1nc2c(s1)CN(Cc1ccccc1)CC2. The number of nitrogens with zero attached hydrogens (tertiary/aromatic N) is 3. The maximum atomic E-state index is 12.6. The molecule has 0 aliphatic carbocycles. The number of hydrogen-bond acceptors (Lipinski definition) is 6. The van der Waals surface area contributed by atoms with E-state index in [9.17, 15) is 4.79 Å². The summed E-state index contributed by atoms with van der Waals surface area (Å²) in [6, 6.07) is 18.1. The van der Waals surface area contributed by atoms with Gasteiger partial charge in [0.15, 0.2) is 5.13 Å². The van der Waals surface area contributed by atoms with Crippen LogP contribution in [-0.2, 0) is 30.7 Å². The molecule has 0 saturated heterocycles. The van der Waals surface area contributed by atoms with Gasteiger partial charge in [0, 0.05) is 46.9 Å². The van der Waals surface area contributed by atoms with Gasteiger partial charge in [-0.25, -0.2) is 9.97 Å². The van der Waals surface area contributed by atoms with E-state index in [1.165, 1.54) is 21.8 Å². The Balaban J connectivity index is 1.19. The normalized spacial score (nSPS) is 13.7. The fraction of sp³-hybridized carbons (Fsp3) is 0.208. The molecule has 162 valence electrons. The van der Waals surface area contributed by atoms with Crippen molar-refractivity contribution in [2.75, 3.05) is 11.9 Å². The summed E-state index contributed by atoms with van der Waals surface area (Å²) in [6.07, 6.45) is 1.14. The zero-order chi connectivity index (χ0) is 21.9. The van der Waals surface area contributed by atoms with E-state index >= 15 is 0 Å². The number of aromatic nitrogens is 2. The maximum absolute atomic E-state index is 12.6. The third-order valence-electron chi connectivity index (χ3n) is 5.29. The van der Waals surface area contributed by atoms with Crippen LogP contribution in [0.4, 0.5) is 5.13 Å². The van der Waals surface area contributed by atoms with E-state index in [0.29, 0.717) is 10.2 Å². The molecule has 8 heteroatoms. The van der Waals surface area contributed by atoms with Gasteiger partial charge < -0.3 is 5.32 Å². The highest BCUT2D eigenvalue weighted by Gasteiger charge is 2.21. The van der Waals surface area contributed by atoms with Gasteiger partial charge in [-0.1, -0.05) is 54.1 Å². The molecule has 0 unspecified atom stereocenters. The second kappa shape index (κ2) is 9.50. The van der Waals surface area contributed by atoms with E-state index in [1.807, 2.05) is 35.7 Å². The molecule has 0 bridgehead atoms. The van der Waals surface area contributed by atoms with Gasteiger partial charge in [0.1, 0.15) is 5.01 Å². The number of carbonyl (C=O) groups excluding carboxylic acids is 1. The molecule has 0 spiro atoms. The molecule has 4 aromatic rings. The van der Waals surface area contributed by atoms with Crippen LogP contribution < -0.4 is 5.32 Å². The number of carbonyl (C=O) groups is 1. The summed E-state index contributed by atoms with van der Waals surface area (Å²) < 4.78 is 0. The summed E-state index contributed by atoms with van der Waals surface area (Å²) in [7, 11) is 0. The molecule has 0 saturated carbocycles. The Morgan fingerprint density at radius 1 is 1.09 bits per heavy atom. The van der Waals surface area contributed by atoms with Crippen LogP contribution in [0.2, 0.25) is 5.02 Å². The molecule has 3 heterocycles. The van der Waals surface area contributed by atoms with E-state index in [1.54, 1.807) is 11.3 Å². The molecule has 1 aliphatic heterocycles. The zero-order valence-corrected chi connectivity index (χ0v) is 19.6. The lowest BCUT2D eigenvalue weighted by molar-refractivity contribution is -0.115. The number of benzene rings is 2. The lowest BCUT2D eigenvalue weighted by atomic mass is 10.1. The van der Waals surface area contributed by atoms with Crippen molar-refractivity contribution in [1.82, 2.24) is 14.9 Å². The van der Waals surface area contributed by atoms with E-state index in [2.05, 4.69) is 44.5 Å². The zero-order valence-electron chi connectivity index (χ0n) is 17.3. The number of fused-ring (bicyclic) bond motifs is 1. The van der Waals surface area contributed by atoms with Crippen LogP contribution in [0.5, 0.6) is 0 Å². The minimum absolute atomic E-state index is 0.0924. The average Bonchev–Trinajstić information content (AvgIpc) is 3.41. The highest BCUT2D eigenvalue weighted by atomic mass is 35.5. The van der Waals surface area contributed by atoms with Crippen molar-refractivity contribution in [3.63, 3.8) is 0 Å². The molecule has 1 N–H and O–H groups in total. The van der Waals surface area contributed by atoms with E-state index in [-0.39, 0.29) is 12.3 Å². The van der Waals surface area contributed by atoms with Gasteiger partial charge in [0.05, 0.1) is 17.8 Å². The van der Waals surface area contributed by atoms with E-state index < -0.39 is 0 Å². The van der Waals surface area contributed by atoms with Gasteiger partial charge in [-0.2, -0.15) is 0 Å². The lowest BCUT2D eigenvalue weighted by Gasteiger charge is -2.25. The molecule has 0 radical (unpaired) electrons. The van der Waals surface area contributed by atoms with Crippen LogP contribution in [0.25, 0.3) is 10.6 Å². The quantitative estimate of drug-likeness (QED) is 0.387. The Bertz CT molecular complexity index is 1220. The van der Waals surface area contributed by atoms with E-state index in [0.717, 1.165) is 48.0 Å². The lowest BCUT2D eigenvalue weighted by Crippen LogP contribution is -2.29. The van der Waals surface area contributed by atoms with Gasteiger partial charge in [-0.05, 0) is 17.7 Å². The molecule has 2 aromatic carbocycles. The van der Waals surface area contributed by atoms with Crippen LogP contribution in [0.3, 0.4) is 0 Å². The first-order valence-electron chi connectivity index (χ1n) is 10.4. The number of thiazole rings is 2. The number of amides is 1. The summed E-state index contributed by atoms with van der Waals surface area (Å²) in [5, 5.41) is 7.15. The van der Waals surface area contributed by atoms with Crippen LogP contribution in [-0.4, -0.2) is 27.3 Å². The van der Waals surface area contributed by atoms with Crippen LogP contribution in [0, 0.1) is 0 Å². The van der Waals surface area contributed by atoms with Crippen molar-refractivity contribution < 1.29 is 4.79 Å². The number of rotatable bonds is 6. The van der Waals surface area contributed by atoms with Crippen molar-refractivity contribution in [2.24, 2.45) is 0 Å². The third kappa shape index (κ3) is 5.07. The van der Waals surface area contributed by atoms with Gasteiger partial charge in [0.2, 0.25) is 5.91 Å². The molecule has 2 aromatic heterocycles. The Morgan fingerprint density at radius 3 is 2.72 bits per heavy atom. The highest BCUT2D eigenvalue weighted by molar-refractivity contribution is 7.16. The summed E-state index contributed by atoms with van der Waals surface area (Å²) in [5.41, 5.74) is 4.18. The Morgan fingerprint density at radius 2 is 1.91 bits per heavy atom. The molecule has 0 fully saturated rings. The van der Waals surface area contributed by atoms with Crippen molar-refractivity contribution in [1.29, 1.82) is 0 Å². The highest BCUT2D eigenvalue weighted by Crippen LogP contribution is 2.29. The van der Waals surface area contributed by atoms with Crippen LogP contribution in [0.15, 0.2) is 60.0 Å². The second-order valence-electron chi connectivity index (χ2n) is 7.71. The van der Waals surface area contributed by atoms with Crippen molar-refractivity contribution in [3.8, 4) is 10.6 Å². The Labute approximate surface area is 199 Å². The second-order valence-corrected chi connectivity index (χ2v) is 10.1. The predicted molar refractivity (Wildman–Crippen MR) is 131 cm³/mol. The summed E-state index contributed by atoms with van der Waals surface area (Å²) in [6.45, 7) is 2.78. The van der Waals surface area contributed by atoms with Gasteiger partial charge >= 0.3 is 0 Å². The number of halogens is 1. The van der Waals surface area contributed by atoms with Gasteiger partial charge in [-0.15, -0.1) is 22.7 Å². The Kier molecular flexibility index (Phi) is 6.32. The standard InChI is InChI=1S/C24H21ClN4OS2/c25-18-8-6-17(7-9-18)23-26-19(15-31-23)12-22(30)28-24-27-20-10-11-29(14-21(20)32-24)13-16-4-2-1-3-5-16/h1-9,15H,10-14H2,(H,27,28,30). The molecular formula is C24H21ClN4OS2. The van der Waals surface area contributed by atoms with Crippen molar-refractivity contribution in [3.05, 3.63) is 86.8 Å². The Hall–Kier alpha value is -2.58. The monoisotopic (exact) mass is 480 g/mol. The van der Waals surface area contributed by atoms with Gasteiger partial charge in [0.25, 0.3) is 0 Å². The van der Waals surface area contributed by atoms with Crippen molar-refractivity contribution >= 4 is 45.3 Å². The topological polar surface area (TPSA) is 58.1 Å². The summed E-state index contributed by atoms with van der Waals surface area (Å²) in [4.78, 5) is 25.5. The summed E-state index contributed by atoms with van der Waals surface area (Å²) >= 11 is 9.06. The molecule has 1 amide bonds. The van der Waals surface area contributed by atoms with Crippen LogP contribution >= 0.6 is 34.3 Å². The molecule has 5 nitrogen and oxygen atoms in total. The minimum Gasteiger partial charge on any atom is -0.302 e. The fourth-order valence-electron chi connectivity index (χ4n) is 3.72. The first-order chi connectivity index (χ1) is 15.6. The summed E-state index contributed by atoms with van der Waals surface area (Å²) in [5.74, 6) is -0.0924. The largest absolute Gasteiger partial charge is 0.302 e. The first kappa shape index (κ1) is 21.3. The smallest absolute Gasteiger partial charge is 0.232 e. The van der Waals surface area contributed by atoms with Crippen molar-refractivity contribution in [2.45, 2.75) is 25.9 Å². The molecule has 32 heavy (non-hydrogen) atoms. The third-order valence-corrected chi connectivity index (χ3v) is 7.48. The fourth-order valence-corrected chi connectivity index (χ4v) is 5.74. The molecule has 5 rings (SSSR count). The molecular weight excluding hydrogens is 460 g/mol. The number of hydrogen-bond donors (Lipinski definition) is 1. The van der Waals surface area contributed by atoms with E-state index in [4.69, 9.17) is 11.6 Å². The maximum Gasteiger partial charge on any atom is 0.232 e.